The van der Waals surface area contributed by atoms with Crippen LogP contribution in [0.25, 0.3) is 83.3 Å². The van der Waals surface area contributed by atoms with E-state index in [4.69, 9.17) is 6.57 Å². The third-order valence-electron chi connectivity index (χ3n) is 13.9. The zero-order valence-corrected chi connectivity index (χ0v) is 61.2. The normalized spacial score (nSPS) is 11.1. The van der Waals surface area contributed by atoms with Crippen molar-refractivity contribution in [2.75, 3.05) is 0 Å². The maximum Gasteiger partial charge on any atom is 0.416 e. The van der Waals surface area contributed by atoms with Gasteiger partial charge in [0.15, 0.2) is 5.69 Å². The molecule has 4 radical (unpaired) electrons. The number of benzene rings is 7. The smallest absolute Gasteiger partial charge is 0.305 e. The standard InChI is InChI=1S/C21H12F8N.C20H10F8N.C19H11F2N2.C12H8F2N.4Ir/c1-10-3-4-16(30-9-10)15-5-11(2)18(22)17(19(15)23)12-6-13(20(24,25)26)8-14(7-12)21(27,28)29;1-10-2-5-16(29-9-10)14-3-4-15(21)17(18(14)22)11-6-12(19(23,24)25)8-13(7-11)20(26,27)28;1-12-9-10-23-17(11-12)15-7-8-16(20)18(19(15)21)13-3-5-14(22-2)6-4-13;1-8-4-5-15-12(6-8)10-3-2-9(13)7-11(10)14;;;;/h3-4,6-9H,1-2H3;2,4-9H,1H3;3-6,8-11H,1H3;2,4-7H,1H3;;;;/q4*-1;;;;. The number of pyridine rings is 4. The van der Waals surface area contributed by atoms with Crippen molar-refractivity contribution in [3.63, 3.8) is 0 Å². The first-order valence-corrected chi connectivity index (χ1v) is 27.8. The molecule has 5 nitrogen and oxygen atoms in total. The van der Waals surface area contributed by atoms with Crippen molar-refractivity contribution in [1.82, 2.24) is 19.9 Å². The molecule has 0 unspecified atom stereocenters. The van der Waals surface area contributed by atoms with E-state index < -0.39 is 116 Å². The molecule has 0 amide bonds. The molecule has 534 valence electrons. The van der Waals surface area contributed by atoms with Crippen LogP contribution in [0.1, 0.15) is 50.1 Å². The largest absolute Gasteiger partial charge is 0.416 e. The van der Waals surface area contributed by atoms with Gasteiger partial charge < -0.3 is 19.9 Å². The number of halogens is 20. The average Bonchev–Trinajstić information content (AvgIpc) is 0.631. The molecule has 7 aromatic carbocycles. The Bertz CT molecular complexity index is 4690. The van der Waals surface area contributed by atoms with Gasteiger partial charge in [-0.25, -0.2) is 4.85 Å². The predicted octanol–water partition coefficient (Wildman–Crippen LogP) is 22.5. The Labute approximate surface area is 617 Å². The van der Waals surface area contributed by atoms with Crippen LogP contribution in [0.15, 0.2) is 158 Å². The van der Waals surface area contributed by atoms with Gasteiger partial charge in [0.05, 0.1) is 34.6 Å². The molecule has 29 heteroatoms. The van der Waals surface area contributed by atoms with Crippen LogP contribution < -0.4 is 0 Å². The molecule has 0 spiro atoms. The van der Waals surface area contributed by atoms with E-state index in [1.807, 2.05) is 19.9 Å². The molecule has 11 aromatic rings. The molecule has 0 N–H and O–H groups in total. The number of rotatable bonds is 7. The molecule has 4 aromatic heterocycles. The van der Waals surface area contributed by atoms with Crippen LogP contribution in [0.2, 0.25) is 0 Å². The summed E-state index contributed by atoms with van der Waals surface area (Å²) in [7, 11) is 0. The summed E-state index contributed by atoms with van der Waals surface area (Å²) < 4.78 is 271. The maximum atomic E-state index is 15.2. The van der Waals surface area contributed by atoms with Gasteiger partial charge in [0, 0.05) is 146 Å². The summed E-state index contributed by atoms with van der Waals surface area (Å²) in [6.07, 6.45) is -14.7. The van der Waals surface area contributed by atoms with Crippen molar-refractivity contribution in [2.24, 2.45) is 0 Å². The molecule has 0 saturated carbocycles. The van der Waals surface area contributed by atoms with E-state index in [1.165, 1.54) is 55.7 Å². The molecule has 101 heavy (non-hydrogen) atoms. The van der Waals surface area contributed by atoms with E-state index in [1.54, 1.807) is 56.6 Å². The van der Waals surface area contributed by atoms with Gasteiger partial charge in [0.2, 0.25) is 0 Å². The minimum atomic E-state index is -5.15. The van der Waals surface area contributed by atoms with Gasteiger partial charge in [-0.3, -0.25) is 35.1 Å². The van der Waals surface area contributed by atoms with Crippen LogP contribution in [-0.4, -0.2) is 19.9 Å². The van der Waals surface area contributed by atoms with Gasteiger partial charge in [-0.05, 0) is 144 Å². The van der Waals surface area contributed by atoms with E-state index in [2.05, 4.69) is 49.0 Å². The number of aromatic nitrogens is 4. The Morgan fingerprint density at radius 3 is 1.11 bits per heavy atom. The van der Waals surface area contributed by atoms with E-state index in [-0.39, 0.29) is 162 Å². The van der Waals surface area contributed by atoms with Crippen LogP contribution in [0.5, 0.6) is 0 Å². The molecule has 0 aliphatic carbocycles. The number of hydrogen-bond donors (Lipinski definition) is 0. The molecule has 11 rings (SSSR count). The quantitative estimate of drug-likeness (QED) is 0.118. The summed E-state index contributed by atoms with van der Waals surface area (Å²) in [6.45, 7) is 15.3. The van der Waals surface area contributed by atoms with Gasteiger partial charge >= 0.3 is 24.7 Å². The molecular formula is C72H41F20Ir4N5-4. The zero-order chi connectivity index (χ0) is 71.2. The monoisotopic (exact) mass is 2130 g/mol. The third-order valence-corrected chi connectivity index (χ3v) is 13.9. The average molecular weight is 2120 g/mol. The molecule has 0 fully saturated rings. The van der Waals surface area contributed by atoms with E-state index >= 15 is 4.39 Å². The summed E-state index contributed by atoms with van der Waals surface area (Å²) in [5.74, 6) is -8.08. The molecule has 4 heterocycles. The Hall–Kier alpha value is -8.17. The number of hydrogen-bond acceptors (Lipinski definition) is 4. The summed E-state index contributed by atoms with van der Waals surface area (Å²) in [6, 6.07) is 33.5. The van der Waals surface area contributed by atoms with E-state index in [0.29, 0.717) is 28.7 Å². The SMILES string of the molecule is Cc1ccc(-c2[c-]c(C)c(F)c(-c3cc(C(F)(F)F)cc(C(F)(F)F)c3)c2F)nc1.Cc1ccc(-c2[c-]cc(F)c(-c3cc(C(F)(F)F)cc(C(F)(F)F)c3)c2F)nc1.Cc1ccnc(-c2[c-]cc(F)cc2F)c1.[C-]#[N+]c1ccc(-c2c(F)c[c-]c(-c3cc(C)ccn3)c2F)cc1.[Ir].[Ir].[Ir].[Ir]. The summed E-state index contributed by atoms with van der Waals surface area (Å²) in [5, 5.41) is 0. The Balaban J connectivity index is 0.000000289. The second-order valence-corrected chi connectivity index (χ2v) is 21.2. The molecular weight excluding hydrogens is 2080 g/mol. The van der Waals surface area contributed by atoms with Gasteiger partial charge in [-0.15, -0.1) is 42.5 Å². The minimum absolute atomic E-state index is 0. The Morgan fingerprint density at radius 1 is 0.347 bits per heavy atom. The van der Waals surface area contributed by atoms with Crippen molar-refractivity contribution >= 4 is 5.69 Å². The fourth-order valence-corrected chi connectivity index (χ4v) is 9.16. The number of nitrogens with zero attached hydrogens (tertiary/aromatic N) is 5. The minimum Gasteiger partial charge on any atom is -0.305 e. The van der Waals surface area contributed by atoms with Crippen LogP contribution in [0.3, 0.4) is 0 Å². The van der Waals surface area contributed by atoms with Crippen molar-refractivity contribution in [2.45, 2.75) is 59.3 Å². The van der Waals surface area contributed by atoms with Crippen molar-refractivity contribution in [1.29, 1.82) is 0 Å². The molecule has 0 atom stereocenters. The second kappa shape index (κ2) is 35.1. The zero-order valence-electron chi connectivity index (χ0n) is 51.6. The van der Waals surface area contributed by atoms with Crippen LogP contribution in [-0.2, 0) is 105 Å². The predicted molar refractivity (Wildman–Crippen MR) is 320 cm³/mol. The van der Waals surface area contributed by atoms with Gasteiger partial charge in [-0.2, -0.15) is 52.7 Å². The van der Waals surface area contributed by atoms with Gasteiger partial charge in [0.1, 0.15) is 0 Å². The fraction of sp³-hybridized carbons (Fsp3) is 0.125. The molecule has 0 bridgehead atoms. The third kappa shape index (κ3) is 21.2. The van der Waals surface area contributed by atoms with Gasteiger partial charge in [0.25, 0.3) is 0 Å². The Kier molecular flexibility index (Phi) is 29.7. The van der Waals surface area contributed by atoms with Crippen LogP contribution in [0, 0.1) is 112 Å². The van der Waals surface area contributed by atoms with Crippen LogP contribution in [0.4, 0.5) is 93.5 Å². The first kappa shape index (κ1) is 85.2. The van der Waals surface area contributed by atoms with Crippen molar-refractivity contribution < 1.29 is 168 Å². The van der Waals surface area contributed by atoms with E-state index in [9.17, 15) is 83.4 Å². The maximum absolute atomic E-state index is 15.2. The summed E-state index contributed by atoms with van der Waals surface area (Å²) >= 11 is 0. The first-order chi connectivity index (χ1) is 45.4. The van der Waals surface area contributed by atoms with E-state index in [0.717, 1.165) is 40.5 Å². The van der Waals surface area contributed by atoms with Crippen molar-refractivity contribution in [3.05, 3.63) is 291 Å². The Morgan fingerprint density at radius 2 is 0.723 bits per heavy atom. The first-order valence-electron chi connectivity index (χ1n) is 27.8. The number of alkyl halides is 12. The molecule has 0 saturated heterocycles. The molecule has 0 aliphatic rings. The summed E-state index contributed by atoms with van der Waals surface area (Å²) in [4.78, 5) is 19.3. The topological polar surface area (TPSA) is 55.9 Å². The summed E-state index contributed by atoms with van der Waals surface area (Å²) in [5.41, 5.74) is -6.38. The van der Waals surface area contributed by atoms with Crippen LogP contribution >= 0.6 is 0 Å². The van der Waals surface area contributed by atoms with Gasteiger partial charge in [-0.1, -0.05) is 113 Å². The number of aryl methyl sites for hydroxylation is 5. The molecule has 0 aliphatic heterocycles. The van der Waals surface area contributed by atoms with Crippen molar-refractivity contribution in [3.8, 4) is 78.4 Å². The fourth-order valence-electron chi connectivity index (χ4n) is 9.16. The second-order valence-electron chi connectivity index (χ2n) is 21.2.